The van der Waals surface area contributed by atoms with Gasteiger partial charge in [0.25, 0.3) is 0 Å². The van der Waals surface area contributed by atoms with Gasteiger partial charge in [-0.3, -0.25) is 4.79 Å². The van der Waals surface area contributed by atoms with Gasteiger partial charge in [-0.1, -0.05) is 65.3 Å². The van der Waals surface area contributed by atoms with E-state index < -0.39 is 0 Å². The first-order valence-electron chi connectivity index (χ1n) is 14.1. The van der Waals surface area contributed by atoms with Gasteiger partial charge >= 0.3 is 5.97 Å². The number of allylic oxidation sites excluding steroid dienone is 3. The molecule has 0 aromatic heterocycles. The van der Waals surface area contributed by atoms with Crippen LogP contribution in [0.15, 0.2) is 23.8 Å². The van der Waals surface area contributed by atoms with Gasteiger partial charge in [0, 0.05) is 13.3 Å². The summed E-state index contributed by atoms with van der Waals surface area (Å²) in [6, 6.07) is 0. The fourth-order valence-corrected chi connectivity index (χ4v) is 9.15. The molecule has 0 heterocycles. The monoisotopic (exact) mass is 469 g/mol. The van der Waals surface area contributed by atoms with Crippen LogP contribution in [0.1, 0.15) is 106 Å². The minimum Gasteiger partial charge on any atom is -0.462 e. The van der Waals surface area contributed by atoms with Crippen molar-refractivity contribution in [3.63, 3.8) is 0 Å². The summed E-state index contributed by atoms with van der Waals surface area (Å²) in [5, 5.41) is 0. The Hall–Kier alpha value is -1.05. The van der Waals surface area contributed by atoms with Crippen LogP contribution in [-0.2, 0) is 9.53 Å². The quantitative estimate of drug-likeness (QED) is 0.222. The highest BCUT2D eigenvalue weighted by atomic mass is 16.6. The summed E-state index contributed by atoms with van der Waals surface area (Å²) in [5.41, 5.74) is 2.44. The summed E-state index contributed by atoms with van der Waals surface area (Å²) in [4.78, 5) is 11.5. The average Bonchev–Trinajstić information content (AvgIpc) is 3.11. The van der Waals surface area contributed by atoms with Crippen LogP contribution < -0.4 is 0 Å². The zero-order chi connectivity index (χ0) is 24.0. The summed E-state index contributed by atoms with van der Waals surface area (Å²) < 4.78 is 5.62. The molecule has 1 unspecified atom stereocenters. The van der Waals surface area contributed by atoms with E-state index in [0.29, 0.717) is 16.7 Å². The van der Waals surface area contributed by atoms with E-state index in [4.69, 9.17) is 4.74 Å². The lowest BCUT2D eigenvalue weighted by Crippen LogP contribution is -2.51. The standard InChI is InChI=1S/C31H50O2/c1-8-23(20(2)3)10-9-21(4)27-13-14-28-26-12-11-24-19-25(33-22(5)32)15-17-30(24,6)29(26)16-18-31(27,28)7/h9-11,20-21,23,25-29H,8,12-19H2,1-7H3/b10-9+/t21-,23?,25+,26+,27-,28+,29+,30+,31-/m1/s1/i2+1,3+1,4+1,6+1,7+1,9+1,14+1,17+1,19+1,20+1,23+1,25+1,27+1,29+1,31+1. The summed E-state index contributed by atoms with van der Waals surface area (Å²) in [5.74, 6) is 5.41. The lowest BCUT2D eigenvalue weighted by Gasteiger charge is -2.58. The Kier molecular flexibility index (Phi) is 7.24. The Morgan fingerprint density at radius 1 is 1.09 bits per heavy atom. The number of hydrogen-bond acceptors (Lipinski definition) is 2. The number of ether oxygens (including phenoxy) is 1. The van der Waals surface area contributed by atoms with Gasteiger partial charge < -0.3 is 4.74 Å². The molecule has 0 saturated heterocycles. The second-order valence-corrected chi connectivity index (χ2v) is 13.0. The zero-order valence-corrected chi connectivity index (χ0v) is 22.5. The van der Waals surface area contributed by atoms with Crippen LogP contribution in [0.4, 0.5) is 0 Å². The Morgan fingerprint density at radius 3 is 2.52 bits per heavy atom. The highest BCUT2D eigenvalue weighted by Crippen LogP contribution is 2.67. The van der Waals surface area contributed by atoms with Crippen molar-refractivity contribution < 1.29 is 9.53 Å². The molecule has 0 bridgehead atoms. The average molecular weight is 470 g/mol. The maximum absolute atomic E-state index is 11.5. The van der Waals surface area contributed by atoms with Crippen molar-refractivity contribution in [2.24, 2.45) is 52.3 Å². The van der Waals surface area contributed by atoms with Gasteiger partial charge in [0.15, 0.2) is 0 Å². The molecule has 0 spiro atoms. The first kappa shape index (κ1) is 25.1. The van der Waals surface area contributed by atoms with E-state index in [1.54, 1.807) is 12.5 Å². The van der Waals surface area contributed by atoms with Gasteiger partial charge in [0.2, 0.25) is 0 Å². The van der Waals surface area contributed by atoms with Gasteiger partial charge in [-0.2, -0.15) is 0 Å². The van der Waals surface area contributed by atoms with Crippen LogP contribution in [-0.4, -0.2) is 12.1 Å². The molecule has 2 heteroatoms. The molecule has 0 aliphatic heterocycles. The van der Waals surface area contributed by atoms with E-state index in [2.05, 4.69) is 59.8 Å². The molecule has 0 aromatic rings. The molecule has 2 nitrogen and oxygen atoms in total. The molecular weight excluding hydrogens is 419 g/mol. The van der Waals surface area contributed by atoms with Crippen LogP contribution in [0.3, 0.4) is 0 Å². The van der Waals surface area contributed by atoms with Crippen molar-refractivity contribution >= 4 is 5.97 Å². The number of hydrogen-bond donors (Lipinski definition) is 0. The number of rotatable bonds is 6. The first-order valence-corrected chi connectivity index (χ1v) is 14.1. The predicted molar refractivity (Wildman–Crippen MR) is 138 cm³/mol. The molecule has 0 amide bonds. The largest absolute Gasteiger partial charge is 0.462 e. The van der Waals surface area contributed by atoms with Crippen molar-refractivity contribution in [2.45, 2.75) is 112 Å². The van der Waals surface area contributed by atoms with Gasteiger partial charge in [-0.25, -0.2) is 0 Å². The molecule has 4 rings (SSSR count). The Morgan fingerprint density at radius 2 is 1.85 bits per heavy atom. The molecule has 0 N–H and O–H groups in total. The molecule has 0 aromatic carbocycles. The number of carbonyl (C=O) groups excluding carboxylic acids is 1. The third-order valence-electron chi connectivity index (χ3n) is 11.1. The maximum Gasteiger partial charge on any atom is 0.302 e. The Bertz CT molecular complexity index is 778. The summed E-state index contributed by atoms with van der Waals surface area (Å²) in [6.45, 7) is 16.3. The fraction of sp³-hybridized carbons (Fsp3) is 0.839. The topological polar surface area (TPSA) is 26.3 Å². The molecule has 0 radical (unpaired) electrons. The molecule has 3 fully saturated rings. The van der Waals surface area contributed by atoms with Gasteiger partial charge in [-0.05, 0) is 104 Å². The van der Waals surface area contributed by atoms with Gasteiger partial charge in [-0.15, -0.1) is 0 Å². The third-order valence-corrected chi connectivity index (χ3v) is 11.1. The van der Waals surface area contributed by atoms with Crippen molar-refractivity contribution in [3.05, 3.63) is 23.8 Å². The van der Waals surface area contributed by atoms with E-state index in [-0.39, 0.29) is 12.1 Å². The second-order valence-electron chi connectivity index (χ2n) is 13.0. The third kappa shape index (κ3) is 4.50. The van der Waals surface area contributed by atoms with E-state index in [1.165, 1.54) is 44.9 Å². The Labute approximate surface area is 204 Å². The van der Waals surface area contributed by atoms with Crippen LogP contribution in [0, 0.1) is 52.3 Å². The Balaban J connectivity index is 1.49. The summed E-state index contributed by atoms with van der Waals surface area (Å²) >= 11 is 0. The lowest BCUT2D eigenvalue weighted by atomic mass is 9.77. The highest BCUT2D eigenvalue weighted by molar-refractivity contribution is 5.66. The minimum atomic E-state index is -0.120. The molecule has 186 valence electrons. The normalized spacial score (nSPS) is 42.3. The van der Waals surface area contributed by atoms with Crippen LogP contribution in [0.2, 0.25) is 0 Å². The molecule has 4 aliphatic rings. The molecular formula is C31H50O2. The second kappa shape index (κ2) is 9.54. The van der Waals surface area contributed by atoms with Gasteiger partial charge in [0.1, 0.15) is 6.10 Å². The predicted octanol–water partition coefficient (Wildman–Crippen LogP) is 8.37. The van der Waals surface area contributed by atoms with Crippen LogP contribution in [0.5, 0.6) is 0 Å². The summed E-state index contributed by atoms with van der Waals surface area (Å²) in [7, 11) is 0. The van der Waals surface area contributed by atoms with E-state index in [1.807, 2.05) is 0 Å². The van der Waals surface area contributed by atoms with E-state index >= 15 is 0 Å². The van der Waals surface area contributed by atoms with Gasteiger partial charge in [0.05, 0.1) is 0 Å². The van der Waals surface area contributed by atoms with E-state index in [9.17, 15) is 4.79 Å². The first-order chi connectivity index (χ1) is 15.6. The molecule has 4 aliphatic carbocycles. The van der Waals surface area contributed by atoms with Crippen molar-refractivity contribution in [1.82, 2.24) is 0 Å². The smallest absolute Gasteiger partial charge is 0.302 e. The van der Waals surface area contributed by atoms with Crippen molar-refractivity contribution in [2.75, 3.05) is 0 Å². The van der Waals surface area contributed by atoms with Crippen molar-refractivity contribution in [1.29, 1.82) is 0 Å². The molecule has 9 atom stereocenters. The SMILES string of the molecule is CC[13CH](/C=[13CH]/[C@@H]([13CH3])[13C@H]1C[13CH2][C@H]2[C@@H]3CC=C4[13CH2][13C@@H](OC(C)=O)C[13CH2][C@]4([13CH3])[13C@H]3CC[13C@@]21[13CH3])[13CH]([13CH3])[13CH3]. The fourth-order valence-electron chi connectivity index (χ4n) is 9.15. The highest BCUT2D eigenvalue weighted by Gasteiger charge is 2.59. The number of fused-ring (bicyclic) bond motifs is 5. The molecule has 3 saturated carbocycles. The van der Waals surface area contributed by atoms with Crippen LogP contribution >= 0.6 is 0 Å². The number of carbonyl (C=O) groups is 1. The minimum absolute atomic E-state index is 0.105. The van der Waals surface area contributed by atoms with E-state index in [0.717, 1.165) is 48.3 Å². The van der Waals surface area contributed by atoms with Crippen LogP contribution in [0.25, 0.3) is 0 Å². The summed E-state index contributed by atoms with van der Waals surface area (Å²) in [6.07, 6.45) is 19.2. The maximum atomic E-state index is 11.5. The number of esters is 1. The van der Waals surface area contributed by atoms with Crippen molar-refractivity contribution in [3.8, 4) is 0 Å². The zero-order valence-electron chi connectivity index (χ0n) is 22.5. The lowest BCUT2D eigenvalue weighted by molar-refractivity contribution is -0.148. The molecule has 33 heavy (non-hydrogen) atoms.